The van der Waals surface area contributed by atoms with Gasteiger partial charge in [-0.25, -0.2) is 9.50 Å². The molecule has 2 amide bonds. The van der Waals surface area contributed by atoms with Gasteiger partial charge in [-0.1, -0.05) is 0 Å². The van der Waals surface area contributed by atoms with E-state index in [-0.39, 0.29) is 23.8 Å². The van der Waals surface area contributed by atoms with Gasteiger partial charge in [0.15, 0.2) is 5.65 Å². The Balaban J connectivity index is 1.09. The maximum Gasteiger partial charge on any atom is 0.231 e. The highest BCUT2D eigenvalue weighted by molar-refractivity contribution is 5.89. The molecule has 1 unspecified atom stereocenters. The molecule has 3 aliphatic heterocycles. The van der Waals surface area contributed by atoms with Gasteiger partial charge < -0.3 is 19.3 Å². The fraction of sp³-hybridized carbons (Fsp3) is 0.636. The number of hydrogen-bond donors (Lipinski definition) is 0. The third-order valence-corrected chi connectivity index (χ3v) is 6.76. The molecule has 3 fully saturated rings. The normalized spacial score (nSPS) is 23.6. The number of ether oxygens (including phenoxy) is 2. The topological polar surface area (TPSA) is 89.3 Å². The average Bonchev–Trinajstić information content (AvgIpc) is 3.44. The summed E-state index contributed by atoms with van der Waals surface area (Å²) in [6, 6.07) is 3.95. The third kappa shape index (κ3) is 4.37. The molecule has 0 radical (unpaired) electrons. The second-order valence-corrected chi connectivity index (χ2v) is 8.77. The summed E-state index contributed by atoms with van der Waals surface area (Å²) in [4.78, 5) is 33.6. The summed E-state index contributed by atoms with van der Waals surface area (Å²) < 4.78 is 13.0. The van der Waals surface area contributed by atoms with Crippen molar-refractivity contribution in [3.63, 3.8) is 0 Å². The molecule has 0 N–H and O–H groups in total. The number of aromatic nitrogens is 3. The van der Waals surface area contributed by atoms with Crippen LogP contribution < -0.4 is 4.74 Å². The van der Waals surface area contributed by atoms with Crippen molar-refractivity contribution in [2.24, 2.45) is 11.8 Å². The first-order valence-corrected chi connectivity index (χ1v) is 11.3. The summed E-state index contributed by atoms with van der Waals surface area (Å²) in [5.74, 6) is 1.04. The number of carbonyl (C=O) groups is 2. The lowest BCUT2D eigenvalue weighted by Crippen LogP contribution is -2.44. The van der Waals surface area contributed by atoms with Crippen LogP contribution in [0.3, 0.4) is 0 Å². The number of hydrogen-bond acceptors (Lipinski definition) is 6. The lowest BCUT2D eigenvalue weighted by molar-refractivity contribution is -0.137. The van der Waals surface area contributed by atoms with Gasteiger partial charge in [0.05, 0.1) is 12.5 Å². The van der Waals surface area contributed by atoms with Crippen molar-refractivity contribution in [1.82, 2.24) is 24.4 Å². The van der Waals surface area contributed by atoms with Crippen LogP contribution in [0.15, 0.2) is 24.5 Å². The third-order valence-electron chi connectivity index (χ3n) is 6.76. The molecule has 5 heterocycles. The highest BCUT2D eigenvalue weighted by Gasteiger charge is 2.40. The molecule has 2 aromatic heterocycles. The average molecular weight is 428 g/mol. The lowest BCUT2D eigenvalue weighted by atomic mass is 9.96. The van der Waals surface area contributed by atoms with E-state index >= 15 is 0 Å². The molecule has 0 aliphatic carbocycles. The minimum Gasteiger partial charge on any atom is -0.476 e. The lowest BCUT2D eigenvalue weighted by Gasteiger charge is -2.34. The van der Waals surface area contributed by atoms with E-state index in [0.717, 1.165) is 44.4 Å². The Bertz CT molecular complexity index is 933. The molecule has 5 rings (SSSR count). The molecule has 2 aromatic rings. The van der Waals surface area contributed by atoms with Gasteiger partial charge in [0.1, 0.15) is 0 Å². The summed E-state index contributed by atoms with van der Waals surface area (Å²) in [6.45, 7) is 4.01. The SMILES string of the molecule is O=C(C1CC(=O)N(C2CCOCC2)C1)N1CCC(COc2ccc3nccn3n2)CC1. The maximum atomic E-state index is 13.0. The van der Waals surface area contributed by atoms with E-state index in [1.807, 2.05) is 21.9 Å². The molecular formula is C22H29N5O4. The van der Waals surface area contributed by atoms with Crippen molar-refractivity contribution in [2.75, 3.05) is 39.5 Å². The van der Waals surface area contributed by atoms with Crippen LogP contribution in [0.5, 0.6) is 5.88 Å². The first-order chi connectivity index (χ1) is 15.2. The molecule has 9 nitrogen and oxygen atoms in total. The van der Waals surface area contributed by atoms with E-state index in [1.165, 1.54) is 0 Å². The van der Waals surface area contributed by atoms with Crippen molar-refractivity contribution in [3.05, 3.63) is 24.5 Å². The fourth-order valence-electron chi connectivity index (χ4n) is 4.90. The van der Waals surface area contributed by atoms with Gasteiger partial charge in [-0.15, -0.1) is 5.10 Å². The summed E-state index contributed by atoms with van der Waals surface area (Å²) >= 11 is 0. The van der Waals surface area contributed by atoms with Crippen LogP contribution in [0.4, 0.5) is 0 Å². The summed E-state index contributed by atoms with van der Waals surface area (Å²) in [5, 5.41) is 4.39. The molecule has 3 saturated heterocycles. The quantitative estimate of drug-likeness (QED) is 0.716. The van der Waals surface area contributed by atoms with E-state index in [0.29, 0.717) is 44.6 Å². The van der Waals surface area contributed by atoms with E-state index in [9.17, 15) is 9.59 Å². The minimum absolute atomic E-state index is 0.121. The Morgan fingerprint density at radius 1 is 1.16 bits per heavy atom. The van der Waals surface area contributed by atoms with Crippen LogP contribution >= 0.6 is 0 Å². The predicted octanol–water partition coefficient (Wildman–Crippen LogP) is 1.37. The molecule has 3 aliphatic rings. The second kappa shape index (κ2) is 8.82. The molecule has 31 heavy (non-hydrogen) atoms. The Kier molecular flexibility index (Phi) is 5.76. The van der Waals surface area contributed by atoms with Gasteiger partial charge >= 0.3 is 0 Å². The van der Waals surface area contributed by atoms with Crippen LogP contribution in [0.1, 0.15) is 32.1 Å². The van der Waals surface area contributed by atoms with Crippen LogP contribution in [0.25, 0.3) is 5.65 Å². The number of carbonyl (C=O) groups excluding carboxylic acids is 2. The number of likely N-dealkylation sites (tertiary alicyclic amines) is 2. The number of piperidine rings is 1. The molecule has 1 atom stereocenters. The second-order valence-electron chi connectivity index (χ2n) is 8.77. The highest BCUT2D eigenvalue weighted by atomic mass is 16.5. The predicted molar refractivity (Wildman–Crippen MR) is 111 cm³/mol. The van der Waals surface area contributed by atoms with E-state index in [1.54, 1.807) is 16.9 Å². The fourth-order valence-corrected chi connectivity index (χ4v) is 4.90. The Hall–Kier alpha value is -2.68. The molecule has 0 aromatic carbocycles. The van der Waals surface area contributed by atoms with Crippen molar-refractivity contribution < 1.29 is 19.1 Å². The van der Waals surface area contributed by atoms with E-state index in [4.69, 9.17) is 9.47 Å². The zero-order valence-electron chi connectivity index (χ0n) is 17.7. The van der Waals surface area contributed by atoms with Crippen LogP contribution in [0.2, 0.25) is 0 Å². The number of nitrogens with zero attached hydrogens (tertiary/aromatic N) is 5. The summed E-state index contributed by atoms with van der Waals surface area (Å²) in [7, 11) is 0. The Labute approximate surface area is 181 Å². The van der Waals surface area contributed by atoms with Gasteiger partial charge in [0.25, 0.3) is 0 Å². The van der Waals surface area contributed by atoms with Crippen molar-refractivity contribution in [1.29, 1.82) is 0 Å². The molecule has 166 valence electrons. The van der Waals surface area contributed by atoms with Crippen molar-refractivity contribution in [3.8, 4) is 5.88 Å². The zero-order chi connectivity index (χ0) is 21.2. The Morgan fingerprint density at radius 3 is 2.77 bits per heavy atom. The van der Waals surface area contributed by atoms with Gasteiger partial charge in [0.2, 0.25) is 17.7 Å². The standard InChI is InChI=1S/C22H29N5O4/c28-21-13-17(14-26(21)18-5-11-30-12-6-18)22(29)25-8-3-16(4-9-25)15-31-20-2-1-19-23-7-10-27(19)24-20/h1-2,7,10,16-18H,3-6,8-9,11-15H2. The van der Waals surface area contributed by atoms with Gasteiger partial charge in [-0.05, 0) is 37.7 Å². The molecule has 0 spiro atoms. The summed E-state index contributed by atoms with van der Waals surface area (Å²) in [6.07, 6.45) is 7.42. The molecule has 0 saturated carbocycles. The largest absolute Gasteiger partial charge is 0.476 e. The minimum atomic E-state index is -0.200. The number of imidazole rings is 1. The molecule has 0 bridgehead atoms. The van der Waals surface area contributed by atoms with Gasteiger partial charge in [-0.2, -0.15) is 0 Å². The van der Waals surface area contributed by atoms with Crippen LogP contribution in [-0.2, 0) is 14.3 Å². The smallest absolute Gasteiger partial charge is 0.231 e. The number of rotatable bonds is 5. The van der Waals surface area contributed by atoms with Gasteiger partial charge in [-0.3, -0.25) is 9.59 Å². The van der Waals surface area contributed by atoms with E-state index < -0.39 is 0 Å². The zero-order valence-corrected chi connectivity index (χ0v) is 17.7. The monoisotopic (exact) mass is 427 g/mol. The maximum absolute atomic E-state index is 13.0. The molecule has 9 heteroatoms. The van der Waals surface area contributed by atoms with Gasteiger partial charge in [0, 0.05) is 63.8 Å². The summed E-state index contributed by atoms with van der Waals surface area (Å²) in [5.41, 5.74) is 0.792. The number of amides is 2. The van der Waals surface area contributed by atoms with Crippen molar-refractivity contribution in [2.45, 2.75) is 38.1 Å². The Morgan fingerprint density at radius 2 is 1.97 bits per heavy atom. The van der Waals surface area contributed by atoms with Crippen LogP contribution in [0, 0.1) is 11.8 Å². The number of fused-ring (bicyclic) bond motifs is 1. The van der Waals surface area contributed by atoms with Crippen molar-refractivity contribution >= 4 is 17.5 Å². The van der Waals surface area contributed by atoms with Crippen LogP contribution in [-0.4, -0.2) is 81.7 Å². The van der Waals surface area contributed by atoms with E-state index in [2.05, 4.69) is 10.1 Å². The first kappa shape index (κ1) is 20.2. The highest BCUT2D eigenvalue weighted by Crippen LogP contribution is 2.28. The molecular weight excluding hydrogens is 398 g/mol. The first-order valence-electron chi connectivity index (χ1n) is 11.3.